The fourth-order valence-corrected chi connectivity index (χ4v) is 3.46. The molecule has 4 aromatic rings. The first-order chi connectivity index (χ1) is 13.1. The lowest BCUT2D eigenvalue weighted by atomic mass is 10.2. The van der Waals surface area contributed by atoms with Crippen LogP contribution in [-0.4, -0.2) is 28.6 Å². The largest absolute Gasteiger partial charge is 0.338 e. The van der Waals surface area contributed by atoms with Crippen LogP contribution >= 0.6 is 0 Å². The quantitative estimate of drug-likeness (QED) is 0.549. The Hall–Kier alpha value is -3.59. The first-order valence-corrected chi connectivity index (χ1v) is 9.47. The van der Waals surface area contributed by atoms with Crippen LogP contribution in [0.25, 0.3) is 10.8 Å². The highest BCUT2D eigenvalue weighted by Gasteiger charge is 2.15. The molecule has 0 atom stereocenters. The number of benzene rings is 2. The second-order valence-corrected chi connectivity index (χ2v) is 7.29. The lowest BCUT2D eigenvalue weighted by molar-refractivity contribution is 0.601. The number of sulfonamides is 1. The minimum atomic E-state index is -3.77. The third kappa shape index (κ3) is 3.67. The highest BCUT2D eigenvalue weighted by atomic mass is 32.2. The number of anilines is 3. The average molecular weight is 378 g/mol. The van der Waals surface area contributed by atoms with Gasteiger partial charge in [0.15, 0.2) is 5.82 Å². The molecule has 27 heavy (non-hydrogen) atoms. The second-order valence-electron chi connectivity index (χ2n) is 5.61. The first-order valence-electron chi connectivity index (χ1n) is 7.99. The molecular formula is C18H14N6O2S. The summed E-state index contributed by atoms with van der Waals surface area (Å²) in [5.74, 6) is 0.616. The molecule has 0 aliphatic heterocycles. The first kappa shape index (κ1) is 16.9. The van der Waals surface area contributed by atoms with Crippen molar-refractivity contribution in [1.29, 1.82) is 0 Å². The van der Waals surface area contributed by atoms with Crippen molar-refractivity contribution < 1.29 is 8.42 Å². The molecule has 0 aliphatic carbocycles. The third-order valence-corrected chi connectivity index (χ3v) is 5.13. The van der Waals surface area contributed by atoms with E-state index in [4.69, 9.17) is 0 Å². The number of hydrogen-bond donors (Lipinski definition) is 2. The van der Waals surface area contributed by atoms with Gasteiger partial charge in [-0.15, -0.1) is 5.10 Å². The van der Waals surface area contributed by atoms with E-state index in [2.05, 4.69) is 30.2 Å². The summed E-state index contributed by atoms with van der Waals surface area (Å²) in [4.78, 5) is 7.83. The zero-order valence-electron chi connectivity index (χ0n) is 13.9. The van der Waals surface area contributed by atoms with E-state index in [9.17, 15) is 8.42 Å². The minimum absolute atomic E-state index is 0.0192. The molecule has 8 nitrogen and oxygen atoms in total. The van der Waals surface area contributed by atoms with Crippen molar-refractivity contribution in [3.05, 3.63) is 73.2 Å². The van der Waals surface area contributed by atoms with Crippen molar-refractivity contribution in [2.45, 2.75) is 4.90 Å². The standard InChI is InChI=1S/C18H14N6O2S/c25-27(26,24-18-19-10-3-11-20-18)15-8-6-14(7-9-15)22-17-16-5-2-1-4-13(16)12-21-23-17/h1-12H,(H,22,23)(H,19,20,24). The summed E-state index contributed by atoms with van der Waals surface area (Å²) in [7, 11) is -3.77. The van der Waals surface area contributed by atoms with E-state index in [1.54, 1.807) is 24.4 Å². The van der Waals surface area contributed by atoms with Crippen molar-refractivity contribution in [2.75, 3.05) is 10.0 Å². The van der Waals surface area contributed by atoms with E-state index < -0.39 is 10.0 Å². The van der Waals surface area contributed by atoms with Crippen LogP contribution in [0.15, 0.2) is 78.1 Å². The summed E-state index contributed by atoms with van der Waals surface area (Å²) in [6.07, 6.45) is 4.61. The Labute approximate surface area is 155 Å². The molecular weight excluding hydrogens is 364 g/mol. The van der Waals surface area contributed by atoms with Gasteiger partial charge in [-0.2, -0.15) is 5.10 Å². The molecule has 0 saturated carbocycles. The molecule has 2 heterocycles. The van der Waals surface area contributed by atoms with E-state index in [0.29, 0.717) is 11.5 Å². The number of nitrogens with one attached hydrogen (secondary N) is 2. The van der Waals surface area contributed by atoms with Crippen LogP contribution in [0.4, 0.5) is 17.5 Å². The van der Waals surface area contributed by atoms with Crippen LogP contribution in [0.5, 0.6) is 0 Å². The van der Waals surface area contributed by atoms with Gasteiger partial charge in [-0.1, -0.05) is 24.3 Å². The van der Waals surface area contributed by atoms with Gasteiger partial charge in [0.1, 0.15) is 0 Å². The van der Waals surface area contributed by atoms with Crippen LogP contribution in [-0.2, 0) is 10.0 Å². The summed E-state index contributed by atoms with van der Waals surface area (Å²) < 4.78 is 27.2. The molecule has 0 fully saturated rings. The molecule has 2 aromatic carbocycles. The summed E-state index contributed by atoms with van der Waals surface area (Å²) in [5, 5.41) is 13.1. The Balaban J connectivity index is 1.57. The maximum Gasteiger partial charge on any atom is 0.264 e. The number of aromatic nitrogens is 4. The molecule has 134 valence electrons. The summed E-state index contributed by atoms with van der Waals surface area (Å²) in [6.45, 7) is 0. The highest BCUT2D eigenvalue weighted by Crippen LogP contribution is 2.24. The Morgan fingerprint density at radius 2 is 1.59 bits per heavy atom. The summed E-state index contributed by atoms with van der Waals surface area (Å²) >= 11 is 0. The van der Waals surface area contributed by atoms with Gasteiger partial charge in [0.2, 0.25) is 5.95 Å². The van der Waals surface area contributed by atoms with E-state index in [1.807, 2.05) is 24.3 Å². The fourth-order valence-electron chi connectivity index (χ4n) is 2.51. The Morgan fingerprint density at radius 3 is 2.37 bits per heavy atom. The highest BCUT2D eigenvalue weighted by molar-refractivity contribution is 7.92. The van der Waals surface area contributed by atoms with E-state index in [0.717, 1.165) is 10.8 Å². The number of fused-ring (bicyclic) bond motifs is 1. The maximum atomic E-state index is 12.4. The Kier molecular flexibility index (Phi) is 4.35. The van der Waals surface area contributed by atoms with Crippen LogP contribution < -0.4 is 10.0 Å². The molecule has 0 spiro atoms. The van der Waals surface area contributed by atoms with Crippen LogP contribution in [0, 0.1) is 0 Å². The SMILES string of the molecule is O=S(=O)(Nc1ncccn1)c1ccc(Nc2nncc3ccccc23)cc1. The second kappa shape index (κ2) is 6.96. The Bertz CT molecular complexity index is 1180. The van der Waals surface area contributed by atoms with E-state index >= 15 is 0 Å². The molecule has 0 amide bonds. The van der Waals surface area contributed by atoms with Crippen LogP contribution in [0.2, 0.25) is 0 Å². The lowest BCUT2D eigenvalue weighted by Crippen LogP contribution is -2.14. The van der Waals surface area contributed by atoms with Gasteiger partial charge in [-0.25, -0.2) is 23.1 Å². The molecule has 0 aliphatic rings. The normalized spacial score (nSPS) is 11.3. The number of nitrogens with zero attached hydrogens (tertiary/aromatic N) is 4. The number of hydrogen-bond acceptors (Lipinski definition) is 7. The van der Waals surface area contributed by atoms with Crippen molar-refractivity contribution in [3.8, 4) is 0 Å². The monoisotopic (exact) mass is 378 g/mol. The van der Waals surface area contributed by atoms with Gasteiger partial charge in [-0.3, -0.25) is 0 Å². The zero-order valence-corrected chi connectivity index (χ0v) is 14.8. The smallest absolute Gasteiger partial charge is 0.264 e. The van der Waals surface area contributed by atoms with Crippen molar-refractivity contribution in [3.63, 3.8) is 0 Å². The summed E-state index contributed by atoms with van der Waals surface area (Å²) in [5.41, 5.74) is 0.690. The minimum Gasteiger partial charge on any atom is -0.338 e. The van der Waals surface area contributed by atoms with Crippen molar-refractivity contribution >= 4 is 38.2 Å². The maximum absolute atomic E-state index is 12.4. The van der Waals surface area contributed by atoms with Gasteiger partial charge in [0.05, 0.1) is 11.1 Å². The van der Waals surface area contributed by atoms with Gasteiger partial charge in [0, 0.05) is 28.9 Å². The molecule has 2 aromatic heterocycles. The van der Waals surface area contributed by atoms with Crippen LogP contribution in [0.1, 0.15) is 0 Å². The van der Waals surface area contributed by atoms with Crippen molar-refractivity contribution in [2.24, 2.45) is 0 Å². The molecule has 4 rings (SSSR count). The third-order valence-electron chi connectivity index (χ3n) is 3.79. The fraction of sp³-hybridized carbons (Fsp3) is 0. The predicted octanol–water partition coefficient (Wildman–Crippen LogP) is 2.96. The van der Waals surface area contributed by atoms with Crippen molar-refractivity contribution in [1.82, 2.24) is 20.2 Å². The zero-order chi connectivity index (χ0) is 18.7. The molecule has 0 bridgehead atoms. The molecule has 0 unspecified atom stereocenters. The molecule has 0 radical (unpaired) electrons. The van der Waals surface area contributed by atoms with E-state index in [-0.39, 0.29) is 10.8 Å². The van der Waals surface area contributed by atoms with Gasteiger partial charge >= 0.3 is 0 Å². The Morgan fingerprint density at radius 1 is 0.852 bits per heavy atom. The van der Waals surface area contributed by atoms with Gasteiger partial charge in [0.25, 0.3) is 10.0 Å². The number of rotatable bonds is 5. The molecule has 2 N–H and O–H groups in total. The predicted molar refractivity (Wildman–Crippen MR) is 102 cm³/mol. The topological polar surface area (TPSA) is 110 Å². The summed E-state index contributed by atoms with van der Waals surface area (Å²) in [6, 6.07) is 15.6. The van der Waals surface area contributed by atoms with Gasteiger partial charge in [-0.05, 0) is 30.3 Å². The average Bonchev–Trinajstić information content (AvgIpc) is 2.69. The van der Waals surface area contributed by atoms with Gasteiger partial charge < -0.3 is 5.32 Å². The van der Waals surface area contributed by atoms with E-state index in [1.165, 1.54) is 24.5 Å². The van der Waals surface area contributed by atoms with Crippen LogP contribution in [0.3, 0.4) is 0 Å². The molecule has 9 heteroatoms. The molecule has 0 saturated heterocycles. The lowest BCUT2D eigenvalue weighted by Gasteiger charge is -2.09.